The van der Waals surface area contributed by atoms with Crippen LogP contribution in [-0.2, 0) is 0 Å². The first-order valence-corrected chi connectivity index (χ1v) is 5.79. The van der Waals surface area contributed by atoms with Crippen LogP contribution in [0.15, 0.2) is 0 Å². The van der Waals surface area contributed by atoms with Gasteiger partial charge in [0.1, 0.15) is 0 Å². The number of likely N-dealkylation sites (tertiary alicyclic amines) is 2. The minimum atomic E-state index is 0. The topological polar surface area (TPSA) is 6.48 Å². The molecule has 0 amide bonds. The molecule has 2 heteroatoms. The molecule has 0 aliphatic carbocycles. The van der Waals surface area contributed by atoms with Crippen LogP contribution in [0.1, 0.15) is 39.5 Å². The first kappa shape index (κ1) is 12.0. The highest BCUT2D eigenvalue weighted by molar-refractivity contribution is 4.80. The maximum Gasteiger partial charge on any atom is 0.0120 e. The lowest BCUT2D eigenvalue weighted by atomic mass is 10.0. The zero-order valence-electron chi connectivity index (χ0n) is 8.84. The molecule has 2 saturated heterocycles. The summed E-state index contributed by atoms with van der Waals surface area (Å²) >= 11 is 0. The van der Waals surface area contributed by atoms with E-state index in [0.717, 1.165) is 6.04 Å². The monoisotopic (exact) mass is 198 g/mol. The van der Waals surface area contributed by atoms with E-state index in [4.69, 9.17) is 0 Å². The molecule has 0 atom stereocenters. The predicted octanol–water partition coefficient (Wildman–Crippen LogP) is 2.20. The molecule has 0 aromatic carbocycles. The van der Waals surface area contributed by atoms with Crippen molar-refractivity contribution in [2.24, 2.45) is 0 Å². The number of hydrogen-bond donors (Lipinski definition) is 0. The summed E-state index contributed by atoms with van der Waals surface area (Å²) in [6, 6.07) is 0.913. The highest BCUT2D eigenvalue weighted by Gasteiger charge is 2.23. The lowest BCUT2D eigenvalue weighted by Crippen LogP contribution is -2.45. The lowest BCUT2D eigenvalue weighted by Gasteiger charge is -2.39. The van der Waals surface area contributed by atoms with E-state index in [0.29, 0.717) is 0 Å². The van der Waals surface area contributed by atoms with Crippen molar-refractivity contribution in [2.45, 2.75) is 45.6 Å². The summed E-state index contributed by atoms with van der Waals surface area (Å²) in [5, 5.41) is 0. The Morgan fingerprint density at radius 3 is 2.00 bits per heavy atom. The lowest BCUT2D eigenvalue weighted by molar-refractivity contribution is 0.103. The van der Waals surface area contributed by atoms with E-state index in [1.165, 1.54) is 58.3 Å². The van der Waals surface area contributed by atoms with Gasteiger partial charge in [-0.05, 0) is 58.9 Å². The van der Waals surface area contributed by atoms with E-state index in [9.17, 15) is 0 Å². The fourth-order valence-electron chi connectivity index (χ4n) is 2.64. The van der Waals surface area contributed by atoms with Crippen LogP contribution in [-0.4, -0.2) is 49.1 Å². The maximum absolute atomic E-state index is 2.73. The highest BCUT2D eigenvalue weighted by atomic mass is 15.2. The normalized spacial score (nSPS) is 27.2. The zero-order chi connectivity index (χ0) is 9.10. The van der Waals surface area contributed by atoms with E-state index in [1.54, 1.807) is 0 Å². The van der Waals surface area contributed by atoms with Gasteiger partial charge in [-0.2, -0.15) is 0 Å². The van der Waals surface area contributed by atoms with Gasteiger partial charge < -0.3 is 9.80 Å². The summed E-state index contributed by atoms with van der Waals surface area (Å²) in [6.45, 7) is 5.35. The second kappa shape index (κ2) is 5.72. The number of nitrogens with zero attached hydrogens (tertiary/aromatic N) is 2. The van der Waals surface area contributed by atoms with Gasteiger partial charge >= 0.3 is 0 Å². The summed E-state index contributed by atoms with van der Waals surface area (Å²) in [5.74, 6) is 0. The minimum absolute atomic E-state index is 0. The molecule has 0 aromatic rings. The largest absolute Gasteiger partial charge is 0.306 e. The van der Waals surface area contributed by atoms with Crippen molar-refractivity contribution in [2.75, 3.05) is 33.2 Å². The predicted molar refractivity (Wildman–Crippen MR) is 62.7 cm³/mol. The Labute approximate surface area is 89.3 Å². The van der Waals surface area contributed by atoms with Crippen LogP contribution in [0, 0.1) is 0 Å². The Morgan fingerprint density at radius 2 is 1.43 bits per heavy atom. The van der Waals surface area contributed by atoms with Crippen molar-refractivity contribution < 1.29 is 0 Å². The van der Waals surface area contributed by atoms with Crippen LogP contribution in [0.3, 0.4) is 0 Å². The summed E-state index contributed by atoms with van der Waals surface area (Å²) in [6.07, 6.45) is 7.13. The second-order valence-corrected chi connectivity index (χ2v) is 4.63. The smallest absolute Gasteiger partial charge is 0.0120 e. The summed E-state index contributed by atoms with van der Waals surface area (Å²) in [7, 11) is 2.24. The quantitative estimate of drug-likeness (QED) is 0.637. The maximum atomic E-state index is 2.73. The van der Waals surface area contributed by atoms with E-state index in [2.05, 4.69) is 16.8 Å². The van der Waals surface area contributed by atoms with Crippen molar-refractivity contribution >= 4 is 0 Å². The Kier molecular flexibility index (Phi) is 4.90. The van der Waals surface area contributed by atoms with Crippen LogP contribution < -0.4 is 0 Å². The molecule has 0 spiro atoms. The molecule has 0 aromatic heterocycles. The van der Waals surface area contributed by atoms with Gasteiger partial charge in [-0.1, -0.05) is 13.8 Å². The first-order valence-electron chi connectivity index (χ1n) is 5.79. The zero-order valence-corrected chi connectivity index (χ0v) is 8.84. The molecular formula is C12H26N2. The minimum Gasteiger partial charge on any atom is -0.306 e. The summed E-state index contributed by atoms with van der Waals surface area (Å²) in [4.78, 5) is 5.19. The molecule has 2 heterocycles. The van der Waals surface area contributed by atoms with Gasteiger partial charge in [0, 0.05) is 6.04 Å². The Balaban J connectivity index is 0.000000980. The SMILES string of the molecule is C.CN1CCC(N2CCCCC2)CC1. The molecule has 2 aliphatic heterocycles. The fraction of sp³-hybridized carbons (Fsp3) is 1.00. The van der Waals surface area contributed by atoms with Gasteiger partial charge in [0.15, 0.2) is 0 Å². The van der Waals surface area contributed by atoms with Gasteiger partial charge in [-0.3, -0.25) is 0 Å². The Morgan fingerprint density at radius 1 is 0.857 bits per heavy atom. The van der Waals surface area contributed by atoms with Crippen molar-refractivity contribution in [1.29, 1.82) is 0 Å². The molecule has 0 radical (unpaired) electrons. The molecular weight excluding hydrogens is 172 g/mol. The molecule has 0 saturated carbocycles. The van der Waals surface area contributed by atoms with Crippen LogP contribution >= 0.6 is 0 Å². The van der Waals surface area contributed by atoms with Gasteiger partial charge in [-0.25, -0.2) is 0 Å². The first-order chi connectivity index (χ1) is 6.36. The standard InChI is InChI=1S/C11H22N2.CH4/c1-12-9-5-11(6-10-12)13-7-3-2-4-8-13;/h11H,2-10H2,1H3;1H4. The average Bonchev–Trinajstić information content (AvgIpc) is 2.20. The second-order valence-electron chi connectivity index (χ2n) is 4.63. The van der Waals surface area contributed by atoms with Crippen molar-refractivity contribution in [3.05, 3.63) is 0 Å². The van der Waals surface area contributed by atoms with Crippen molar-refractivity contribution in [3.63, 3.8) is 0 Å². The molecule has 2 aliphatic rings. The number of hydrogen-bond acceptors (Lipinski definition) is 2. The van der Waals surface area contributed by atoms with Crippen LogP contribution in [0.2, 0.25) is 0 Å². The van der Waals surface area contributed by atoms with Crippen molar-refractivity contribution in [3.8, 4) is 0 Å². The molecule has 84 valence electrons. The van der Waals surface area contributed by atoms with Crippen LogP contribution in [0.4, 0.5) is 0 Å². The summed E-state index contributed by atoms with van der Waals surface area (Å²) in [5.41, 5.74) is 0. The number of rotatable bonds is 1. The third-order valence-electron chi connectivity index (χ3n) is 3.60. The van der Waals surface area contributed by atoms with Gasteiger partial charge in [0.05, 0.1) is 0 Å². The third-order valence-corrected chi connectivity index (χ3v) is 3.60. The van der Waals surface area contributed by atoms with E-state index >= 15 is 0 Å². The molecule has 14 heavy (non-hydrogen) atoms. The molecule has 2 fully saturated rings. The van der Waals surface area contributed by atoms with E-state index < -0.39 is 0 Å². The van der Waals surface area contributed by atoms with Gasteiger partial charge in [0.2, 0.25) is 0 Å². The Bertz CT molecular complexity index is 144. The third kappa shape index (κ3) is 2.96. The van der Waals surface area contributed by atoms with Gasteiger partial charge in [0.25, 0.3) is 0 Å². The molecule has 2 nitrogen and oxygen atoms in total. The molecule has 2 rings (SSSR count). The van der Waals surface area contributed by atoms with Gasteiger partial charge in [-0.15, -0.1) is 0 Å². The highest BCUT2D eigenvalue weighted by Crippen LogP contribution is 2.19. The van der Waals surface area contributed by atoms with E-state index in [-0.39, 0.29) is 7.43 Å². The van der Waals surface area contributed by atoms with Crippen LogP contribution in [0.5, 0.6) is 0 Å². The number of piperidine rings is 2. The Hall–Kier alpha value is -0.0800. The van der Waals surface area contributed by atoms with E-state index in [1.807, 2.05) is 0 Å². The molecule has 0 unspecified atom stereocenters. The molecule has 0 bridgehead atoms. The molecule has 0 N–H and O–H groups in total. The average molecular weight is 198 g/mol. The van der Waals surface area contributed by atoms with Crippen LogP contribution in [0.25, 0.3) is 0 Å². The fourth-order valence-corrected chi connectivity index (χ4v) is 2.64. The summed E-state index contributed by atoms with van der Waals surface area (Å²) < 4.78 is 0. The van der Waals surface area contributed by atoms with Crippen molar-refractivity contribution in [1.82, 2.24) is 9.80 Å².